The molecule has 0 saturated carbocycles. The lowest BCUT2D eigenvalue weighted by Gasteiger charge is -1.98. The molecule has 0 atom stereocenters. The zero-order valence-electron chi connectivity index (χ0n) is 8.27. The van der Waals surface area contributed by atoms with Gasteiger partial charge in [0.1, 0.15) is 0 Å². The lowest BCUT2D eigenvalue weighted by molar-refractivity contribution is 0.0654. The van der Waals surface area contributed by atoms with Crippen LogP contribution in [0.5, 0.6) is 0 Å². The molecule has 6 heteroatoms. The zero-order chi connectivity index (χ0) is 11.7. The molecule has 0 bridgehead atoms. The van der Waals surface area contributed by atoms with Gasteiger partial charge < -0.3 is 9.52 Å². The van der Waals surface area contributed by atoms with Gasteiger partial charge >= 0.3 is 11.9 Å². The van der Waals surface area contributed by atoms with Gasteiger partial charge in [-0.05, 0) is 30.7 Å². The molecule has 82 valence electrons. The second-order valence-electron chi connectivity index (χ2n) is 3.18. The molecule has 1 heterocycles. The van der Waals surface area contributed by atoms with Crippen LogP contribution in [0.25, 0.3) is 11.5 Å². The van der Waals surface area contributed by atoms with E-state index in [-0.39, 0.29) is 5.89 Å². The topological polar surface area (TPSA) is 76.2 Å². The Bertz CT molecular complexity index is 551. The van der Waals surface area contributed by atoms with E-state index >= 15 is 0 Å². The van der Waals surface area contributed by atoms with Gasteiger partial charge in [0, 0.05) is 10.6 Å². The summed E-state index contributed by atoms with van der Waals surface area (Å²) in [7, 11) is 0. The van der Waals surface area contributed by atoms with E-state index in [2.05, 4.69) is 10.2 Å². The number of carbonyl (C=O) groups is 1. The van der Waals surface area contributed by atoms with Crippen LogP contribution in [0, 0.1) is 6.92 Å². The van der Waals surface area contributed by atoms with Crippen molar-refractivity contribution >= 4 is 17.6 Å². The van der Waals surface area contributed by atoms with Crippen LogP contribution in [-0.2, 0) is 0 Å². The van der Waals surface area contributed by atoms with Crippen LogP contribution in [0.1, 0.15) is 16.2 Å². The van der Waals surface area contributed by atoms with E-state index in [1.807, 2.05) is 6.92 Å². The maximum Gasteiger partial charge on any atom is 0.393 e. The van der Waals surface area contributed by atoms with Crippen molar-refractivity contribution in [3.63, 3.8) is 0 Å². The molecular formula is C10H7ClN2O3. The zero-order valence-corrected chi connectivity index (χ0v) is 9.02. The highest BCUT2D eigenvalue weighted by molar-refractivity contribution is 6.31. The normalized spacial score (nSPS) is 10.4. The van der Waals surface area contributed by atoms with Crippen LogP contribution in [-0.4, -0.2) is 21.3 Å². The number of carboxylic acids is 1. The summed E-state index contributed by atoms with van der Waals surface area (Å²) in [5.74, 6) is -1.51. The number of aryl methyl sites for hydroxylation is 1. The van der Waals surface area contributed by atoms with E-state index in [1.165, 1.54) is 0 Å². The molecule has 2 rings (SSSR count). The molecule has 0 aliphatic rings. The summed E-state index contributed by atoms with van der Waals surface area (Å²) < 4.78 is 4.96. The van der Waals surface area contributed by atoms with Gasteiger partial charge in [-0.2, -0.15) is 0 Å². The molecule has 1 aromatic heterocycles. The van der Waals surface area contributed by atoms with E-state index in [1.54, 1.807) is 18.2 Å². The van der Waals surface area contributed by atoms with Crippen molar-refractivity contribution in [3.8, 4) is 11.5 Å². The van der Waals surface area contributed by atoms with Crippen LogP contribution < -0.4 is 0 Å². The Morgan fingerprint density at radius 1 is 1.44 bits per heavy atom. The summed E-state index contributed by atoms with van der Waals surface area (Å²) in [6.45, 7) is 1.83. The Labute approximate surface area is 95.7 Å². The quantitative estimate of drug-likeness (QED) is 0.869. The molecule has 0 spiro atoms. The number of hydrogen-bond acceptors (Lipinski definition) is 4. The number of halogens is 1. The fourth-order valence-corrected chi connectivity index (χ4v) is 1.32. The summed E-state index contributed by atoms with van der Waals surface area (Å²) in [5.41, 5.74) is 1.50. The summed E-state index contributed by atoms with van der Waals surface area (Å²) in [6.07, 6.45) is 0. The van der Waals surface area contributed by atoms with Crippen molar-refractivity contribution in [2.24, 2.45) is 0 Å². The van der Waals surface area contributed by atoms with E-state index in [0.29, 0.717) is 10.6 Å². The molecule has 16 heavy (non-hydrogen) atoms. The monoisotopic (exact) mass is 238 g/mol. The van der Waals surface area contributed by atoms with Crippen LogP contribution >= 0.6 is 11.6 Å². The first-order valence-electron chi connectivity index (χ1n) is 4.41. The predicted octanol–water partition coefficient (Wildman–Crippen LogP) is 2.40. The Hall–Kier alpha value is -1.88. The molecule has 1 aromatic carbocycles. The Morgan fingerprint density at radius 3 is 2.75 bits per heavy atom. The summed E-state index contributed by atoms with van der Waals surface area (Å²) in [6, 6.07) is 5.13. The number of aromatic carboxylic acids is 1. The molecule has 0 aliphatic heterocycles. The highest BCUT2D eigenvalue weighted by Gasteiger charge is 2.14. The second kappa shape index (κ2) is 3.94. The van der Waals surface area contributed by atoms with E-state index in [9.17, 15) is 4.79 Å². The first kappa shape index (κ1) is 10.6. The summed E-state index contributed by atoms with van der Waals surface area (Å²) >= 11 is 5.86. The Kier molecular flexibility index (Phi) is 2.62. The smallest absolute Gasteiger partial charge is 0.393 e. The molecule has 0 unspecified atom stereocenters. The number of nitrogens with zero attached hydrogens (tertiary/aromatic N) is 2. The van der Waals surface area contributed by atoms with Gasteiger partial charge in [-0.1, -0.05) is 11.6 Å². The van der Waals surface area contributed by atoms with Gasteiger partial charge in [-0.25, -0.2) is 4.79 Å². The summed E-state index contributed by atoms with van der Waals surface area (Å²) in [4.78, 5) is 10.5. The van der Waals surface area contributed by atoms with E-state index < -0.39 is 11.9 Å². The molecule has 0 amide bonds. The summed E-state index contributed by atoms with van der Waals surface area (Å²) in [5, 5.41) is 16.3. The number of rotatable bonds is 2. The average Bonchev–Trinajstić information content (AvgIpc) is 2.71. The van der Waals surface area contributed by atoms with Crippen molar-refractivity contribution in [1.82, 2.24) is 10.2 Å². The van der Waals surface area contributed by atoms with Crippen LogP contribution in [0.3, 0.4) is 0 Å². The highest BCUT2D eigenvalue weighted by Crippen LogP contribution is 2.23. The van der Waals surface area contributed by atoms with Gasteiger partial charge in [0.2, 0.25) is 5.89 Å². The van der Waals surface area contributed by atoms with Gasteiger partial charge in [0.25, 0.3) is 0 Å². The van der Waals surface area contributed by atoms with Crippen LogP contribution in [0.15, 0.2) is 22.6 Å². The first-order valence-corrected chi connectivity index (χ1v) is 4.79. The second-order valence-corrected chi connectivity index (χ2v) is 3.59. The number of aromatic nitrogens is 2. The third-order valence-electron chi connectivity index (χ3n) is 2.01. The number of carboxylic acid groups (broad SMARTS) is 1. The number of benzene rings is 1. The minimum Gasteiger partial charge on any atom is -0.474 e. The van der Waals surface area contributed by atoms with Gasteiger partial charge in [0.15, 0.2) is 0 Å². The maximum absolute atomic E-state index is 10.5. The standard InChI is InChI=1S/C10H7ClN2O3/c1-5-4-6(2-3-7(5)11)8-12-13-9(16-8)10(14)15/h2-4H,1H3,(H,14,15). The van der Waals surface area contributed by atoms with Crippen LogP contribution in [0.4, 0.5) is 0 Å². The molecule has 0 aliphatic carbocycles. The lowest BCUT2D eigenvalue weighted by Crippen LogP contribution is -1.95. The fourth-order valence-electron chi connectivity index (χ4n) is 1.20. The lowest BCUT2D eigenvalue weighted by atomic mass is 10.1. The molecule has 0 fully saturated rings. The van der Waals surface area contributed by atoms with Gasteiger partial charge in [-0.15, -0.1) is 10.2 Å². The fraction of sp³-hybridized carbons (Fsp3) is 0.100. The average molecular weight is 239 g/mol. The van der Waals surface area contributed by atoms with Gasteiger partial charge in [-0.3, -0.25) is 0 Å². The minimum atomic E-state index is -1.25. The van der Waals surface area contributed by atoms with Crippen molar-refractivity contribution in [3.05, 3.63) is 34.7 Å². The van der Waals surface area contributed by atoms with Crippen molar-refractivity contribution in [2.75, 3.05) is 0 Å². The number of hydrogen-bond donors (Lipinski definition) is 1. The highest BCUT2D eigenvalue weighted by atomic mass is 35.5. The molecule has 5 nitrogen and oxygen atoms in total. The Morgan fingerprint density at radius 2 is 2.19 bits per heavy atom. The van der Waals surface area contributed by atoms with Crippen molar-refractivity contribution in [1.29, 1.82) is 0 Å². The molecule has 0 saturated heterocycles. The SMILES string of the molecule is Cc1cc(-c2nnc(C(=O)O)o2)ccc1Cl. The Balaban J connectivity index is 2.42. The van der Waals surface area contributed by atoms with Gasteiger partial charge in [0.05, 0.1) is 0 Å². The van der Waals surface area contributed by atoms with E-state index in [0.717, 1.165) is 5.56 Å². The largest absolute Gasteiger partial charge is 0.474 e. The molecule has 1 N–H and O–H groups in total. The minimum absolute atomic E-state index is 0.164. The van der Waals surface area contributed by atoms with Crippen molar-refractivity contribution < 1.29 is 14.3 Å². The third-order valence-corrected chi connectivity index (χ3v) is 2.44. The third kappa shape index (κ3) is 1.90. The first-order chi connectivity index (χ1) is 7.58. The predicted molar refractivity (Wildman–Crippen MR) is 56.4 cm³/mol. The molecular weight excluding hydrogens is 232 g/mol. The molecule has 0 radical (unpaired) electrons. The maximum atomic E-state index is 10.5. The van der Waals surface area contributed by atoms with Crippen LogP contribution in [0.2, 0.25) is 5.02 Å². The molecule has 2 aromatic rings. The van der Waals surface area contributed by atoms with Crippen molar-refractivity contribution in [2.45, 2.75) is 6.92 Å². The van der Waals surface area contributed by atoms with E-state index in [4.69, 9.17) is 21.1 Å².